The largest absolute Gasteiger partial charge is 0.273 e. The molecule has 2 aromatic heterocycles. The number of nitrogens with two attached hydrogens (primary N) is 1. The van der Waals surface area contributed by atoms with E-state index >= 15 is 0 Å². The Balaban J connectivity index is 2.12. The molecule has 19 heavy (non-hydrogen) atoms. The minimum atomic E-state index is 0.0519. The van der Waals surface area contributed by atoms with Gasteiger partial charge in [-0.2, -0.15) is 5.10 Å². The van der Waals surface area contributed by atoms with Gasteiger partial charge in [0.15, 0.2) is 0 Å². The van der Waals surface area contributed by atoms with Crippen molar-refractivity contribution in [3.8, 4) is 0 Å². The number of nitrogens with one attached hydrogen (secondary N) is 1. The van der Waals surface area contributed by atoms with Gasteiger partial charge in [0.05, 0.1) is 22.8 Å². The van der Waals surface area contributed by atoms with Crippen molar-refractivity contribution < 1.29 is 0 Å². The van der Waals surface area contributed by atoms with Crippen LogP contribution in [0.5, 0.6) is 0 Å². The average Bonchev–Trinajstić information content (AvgIpc) is 3.05. The van der Waals surface area contributed by atoms with Crippen molar-refractivity contribution in [3.63, 3.8) is 0 Å². The van der Waals surface area contributed by atoms with E-state index in [1.807, 2.05) is 10.9 Å². The number of hydrogen-bond acceptors (Lipinski definition) is 6. The zero-order valence-corrected chi connectivity index (χ0v) is 12.2. The molecule has 2 aromatic rings. The highest BCUT2D eigenvalue weighted by molar-refractivity contribution is 7.05. The zero-order chi connectivity index (χ0) is 13.7. The zero-order valence-electron chi connectivity index (χ0n) is 11.3. The van der Waals surface area contributed by atoms with Gasteiger partial charge >= 0.3 is 0 Å². The van der Waals surface area contributed by atoms with Crippen LogP contribution >= 0.6 is 11.5 Å². The van der Waals surface area contributed by atoms with E-state index in [2.05, 4.69) is 40.2 Å². The summed E-state index contributed by atoms with van der Waals surface area (Å²) in [6, 6.07) is 0.0519. The van der Waals surface area contributed by atoms with E-state index in [9.17, 15) is 0 Å². The van der Waals surface area contributed by atoms with Crippen LogP contribution in [-0.2, 0) is 19.4 Å². The molecule has 0 aliphatic rings. The molecule has 0 aliphatic carbocycles. The summed E-state index contributed by atoms with van der Waals surface area (Å²) in [6.07, 6.45) is 6.75. The van der Waals surface area contributed by atoms with Gasteiger partial charge in [-0.25, -0.2) is 0 Å². The Labute approximate surface area is 117 Å². The molecule has 7 heteroatoms. The van der Waals surface area contributed by atoms with Crippen LogP contribution in [0.1, 0.15) is 42.4 Å². The molecular weight excluding hydrogens is 260 g/mol. The second-order valence-electron chi connectivity index (χ2n) is 4.46. The average molecular weight is 280 g/mol. The Morgan fingerprint density at radius 2 is 2.32 bits per heavy atom. The van der Waals surface area contributed by atoms with Crippen LogP contribution in [0.25, 0.3) is 0 Å². The van der Waals surface area contributed by atoms with Crippen LogP contribution in [0.4, 0.5) is 0 Å². The molecular formula is C12H20N6S. The van der Waals surface area contributed by atoms with Crippen LogP contribution in [0.15, 0.2) is 12.4 Å². The molecule has 0 amide bonds. The SMILES string of the molecule is CCCc1nnsc1C(Cc1cnn(CC)c1)NN. The maximum atomic E-state index is 5.69. The van der Waals surface area contributed by atoms with Crippen molar-refractivity contribution in [2.45, 2.75) is 45.7 Å². The summed E-state index contributed by atoms with van der Waals surface area (Å²) in [5.74, 6) is 5.69. The number of aryl methyl sites for hydroxylation is 2. The van der Waals surface area contributed by atoms with Gasteiger partial charge in [0.2, 0.25) is 0 Å². The first-order valence-electron chi connectivity index (χ1n) is 6.57. The Morgan fingerprint density at radius 1 is 1.47 bits per heavy atom. The fourth-order valence-corrected chi connectivity index (χ4v) is 2.79. The lowest BCUT2D eigenvalue weighted by molar-refractivity contribution is 0.553. The van der Waals surface area contributed by atoms with Crippen LogP contribution < -0.4 is 11.3 Å². The third-order valence-electron chi connectivity index (χ3n) is 3.04. The smallest absolute Gasteiger partial charge is 0.0804 e. The highest BCUT2D eigenvalue weighted by Gasteiger charge is 2.18. The molecule has 0 spiro atoms. The maximum Gasteiger partial charge on any atom is 0.0804 e. The van der Waals surface area contributed by atoms with Gasteiger partial charge in [-0.1, -0.05) is 17.8 Å². The summed E-state index contributed by atoms with van der Waals surface area (Å²) in [5.41, 5.74) is 5.09. The first kappa shape index (κ1) is 14.1. The fraction of sp³-hybridized carbons (Fsp3) is 0.583. The van der Waals surface area contributed by atoms with Gasteiger partial charge in [-0.05, 0) is 36.9 Å². The summed E-state index contributed by atoms with van der Waals surface area (Å²) >= 11 is 1.42. The number of rotatable bonds is 7. The minimum absolute atomic E-state index is 0.0519. The molecule has 0 aliphatic heterocycles. The predicted octanol–water partition coefficient (Wildman–Crippen LogP) is 1.45. The summed E-state index contributed by atoms with van der Waals surface area (Å²) in [4.78, 5) is 1.13. The number of hydrazine groups is 1. The molecule has 0 saturated carbocycles. The molecule has 0 aromatic carbocycles. The van der Waals surface area contributed by atoms with Crippen LogP contribution in [0, 0.1) is 0 Å². The van der Waals surface area contributed by atoms with E-state index in [0.29, 0.717) is 0 Å². The molecule has 0 fully saturated rings. The van der Waals surface area contributed by atoms with Crippen molar-refractivity contribution in [1.29, 1.82) is 0 Å². The Bertz CT molecular complexity index is 506. The molecule has 1 atom stereocenters. The molecule has 3 N–H and O–H groups in total. The summed E-state index contributed by atoms with van der Waals surface area (Å²) < 4.78 is 5.97. The van der Waals surface area contributed by atoms with Crippen molar-refractivity contribution in [1.82, 2.24) is 24.8 Å². The van der Waals surface area contributed by atoms with E-state index in [1.54, 1.807) is 0 Å². The van der Waals surface area contributed by atoms with E-state index < -0.39 is 0 Å². The Morgan fingerprint density at radius 3 is 2.95 bits per heavy atom. The molecule has 0 bridgehead atoms. The molecule has 104 valence electrons. The van der Waals surface area contributed by atoms with E-state index in [1.165, 1.54) is 17.1 Å². The van der Waals surface area contributed by atoms with E-state index in [4.69, 9.17) is 5.84 Å². The van der Waals surface area contributed by atoms with Crippen LogP contribution in [0.2, 0.25) is 0 Å². The molecule has 0 radical (unpaired) electrons. The molecule has 0 saturated heterocycles. The number of hydrogen-bond donors (Lipinski definition) is 2. The lowest BCUT2D eigenvalue weighted by atomic mass is 10.1. The summed E-state index contributed by atoms with van der Waals surface area (Å²) in [6.45, 7) is 5.09. The summed E-state index contributed by atoms with van der Waals surface area (Å²) in [7, 11) is 0. The lowest BCUT2D eigenvalue weighted by Crippen LogP contribution is -2.29. The van der Waals surface area contributed by atoms with Gasteiger partial charge in [-0.3, -0.25) is 16.0 Å². The Hall–Kier alpha value is -1.31. The van der Waals surface area contributed by atoms with Gasteiger partial charge in [0, 0.05) is 12.7 Å². The van der Waals surface area contributed by atoms with Crippen LogP contribution in [0.3, 0.4) is 0 Å². The monoisotopic (exact) mass is 280 g/mol. The quantitative estimate of drug-likeness (QED) is 0.592. The number of nitrogens with zero attached hydrogens (tertiary/aromatic N) is 4. The number of aromatic nitrogens is 4. The van der Waals surface area contributed by atoms with Crippen molar-refractivity contribution in [3.05, 3.63) is 28.5 Å². The highest BCUT2D eigenvalue weighted by atomic mass is 32.1. The third kappa shape index (κ3) is 3.37. The van der Waals surface area contributed by atoms with Crippen LogP contribution in [-0.4, -0.2) is 19.4 Å². The minimum Gasteiger partial charge on any atom is -0.273 e. The fourth-order valence-electron chi connectivity index (χ4n) is 2.04. The first-order chi connectivity index (χ1) is 9.28. The maximum absolute atomic E-state index is 5.69. The second-order valence-corrected chi connectivity index (χ2v) is 5.25. The standard InChI is InChI=1S/C12H20N6S/c1-3-5-10-12(19-17-16-10)11(15-13)6-9-7-14-18(4-2)8-9/h7-8,11,15H,3-6,13H2,1-2H3. The third-order valence-corrected chi connectivity index (χ3v) is 3.92. The lowest BCUT2D eigenvalue weighted by Gasteiger charge is -2.13. The van der Waals surface area contributed by atoms with E-state index in [-0.39, 0.29) is 6.04 Å². The first-order valence-corrected chi connectivity index (χ1v) is 7.34. The molecule has 2 rings (SSSR count). The van der Waals surface area contributed by atoms with Gasteiger partial charge in [-0.15, -0.1) is 5.10 Å². The Kier molecular flexibility index (Phi) is 5.00. The normalized spacial score (nSPS) is 12.8. The van der Waals surface area contributed by atoms with Gasteiger partial charge in [0.1, 0.15) is 0 Å². The topological polar surface area (TPSA) is 81.7 Å². The van der Waals surface area contributed by atoms with Crippen molar-refractivity contribution in [2.75, 3.05) is 0 Å². The van der Waals surface area contributed by atoms with Gasteiger partial charge in [0.25, 0.3) is 0 Å². The highest BCUT2D eigenvalue weighted by Crippen LogP contribution is 2.24. The van der Waals surface area contributed by atoms with Crippen molar-refractivity contribution >= 4 is 11.5 Å². The second kappa shape index (κ2) is 6.74. The molecule has 2 heterocycles. The molecule has 1 unspecified atom stereocenters. The van der Waals surface area contributed by atoms with Gasteiger partial charge < -0.3 is 0 Å². The summed E-state index contributed by atoms with van der Waals surface area (Å²) in [5, 5.41) is 8.47. The van der Waals surface area contributed by atoms with E-state index in [0.717, 1.165) is 36.4 Å². The van der Waals surface area contributed by atoms with Crippen molar-refractivity contribution in [2.24, 2.45) is 5.84 Å². The predicted molar refractivity (Wildman–Crippen MR) is 75.6 cm³/mol. The molecule has 6 nitrogen and oxygen atoms in total.